The van der Waals surface area contributed by atoms with Crippen LogP contribution in [0.25, 0.3) is 0 Å². The molecular formula is C14H24O3Si. The lowest BCUT2D eigenvalue weighted by Gasteiger charge is -2.39. The van der Waals surface area contributed by atoms with Crippen molar-refractivity contribution in [2.45, 2.75) is 69.7 Å². The van der Waals surface area contributed by atoms with Gasteiger partial charge in [0.15, 0.2) is 8.32 Å². The second-order valence-electron chi connectivity index (χ2n) is 6.73. The minimum atomic E-state index is -1.84. The van der Waals surface area contributed by atoms with Gasteiger partial charge in [0.25, 0.3) is 0 Å². The number of hydrogen-bond acceptors (Lipinski definition) is 3. The molecule has 2 saturated heterocycles. The molecule has 0 aliphatic carbocycles. The van der Waals surface area contributed by atoms with Crippen LogP contribution in [0.1, 0.15) is 27.2 Å². The van der Waals surface area contributed by atoms with Crippen molar-refractivity contribution in [2.75, 3.05) is 6.61 Å². The van der Waals surface area contributed by atoms with E-state index in [1.165, 1.54) is 0 Å². The van der Waals surface area contributed by atoms with Crippen LogP contribution in [0.4, 0.5) is 0 Å². The normalized spacial score (nSPS) is 36.4. The minimum absolute atomic E-state index is 0.0279. The smallest absolute Gasteiger partial charge is 0.192 e. The van der Waals surface area contributed by atoms with E-state index < -0.39 is 8.32 Å². The highest BCUT2D eigenvalue weighted by Gasteiger charge is 2.51. The van der Waals surface area contributed by atoms with Crippen LogP contribution in [0.15, 0.2) is 0 Å². The van der Waals surface area contributed by atoms with E-state index in [0.717, 1.165) is 13.0 Å². The van der Waals surface area contributed by atoms with Gasteiger partial charge in [-0.2, -0.15) is 0 Å². The Balaban J connectivity index is 2.14. The van der Waals surface area contributed by atoms with E-state index in [9.17, 15) is 0 Å². The van der Waals surface area contributed by atoms with Crippen LogP contribution < -0.4 is 0 Å². The predicted molar refractivity (Wildman–Crippen MR) is 73.9 cm³/mol. The highest BCUT2D eigenvalue weighted by atomic mass is 28.4. The first-order valence-corrected chi connectivity index (χ1v) is 9.58. The number of terminal acetylenes is 1. The molecule has 0 aromatic carbocycles. The van der Waals surface area contributed by atoms with Gasteiger partial charge < -0.3 is 13.9 Å². The van der Waals surface area contributed by atoms with E-state index in [4.69, 9.17) is 20.3 Å². The molecule has 0 N–H and O–H groups in total. The molecule has 0 aromatic rings. The monoisotopic (exact) mass is 268 g/mol. The van der Waals surface area contributed by atoms with Crippen LogP contribution in [0.2, 0.25) is 18.1 Å². The minimum Gasteiger partial charge on any atom is -0.407 e. The summed E-state index contributed by atoms with van der Waals surface area (Å²) in [4.78, 5) is 0. The Kier molecular flexibility index (Phi) is 3.63. The maximum atomic E-state index is 6.43. The molecule has 0 saturated carbocycles. The zero-order valence-corrected chi connectivity index (χ0v) is 13.0. The third kappa shape index (κ3) is 2.37. The summed E-state index contributed by atoms with van der Waals surface area (Å²) in [5.41, 5.74) is 0. The van der Waals surface area contributed by atoms with E-state index in [-0.39, 0.29) is 29.5 Å². The summed E-state index contributed by atoms with van der Waals surface area (Å²) in [7, 11) is -1.84. The van der Waals surface area contributed by atoms with Crippen molar-refractivity contribution in [3.05, 3.63) is 0 Å². The summed E-state index contributed by atoms with van der Waals surface area (Å²) in [5, 5.41) is 0.169. The average Bonchev–Trinajstić information content (AvgIpc) is 2.78. The predicted octanol–water partition coefficient (Wildman–Crippen LogP) is 2.57. The summed E-state index contributed by atoms with van der Waals surface area (Å²) >= 11 is 0. The summed E-state index contributed by atoms with van der Waals surface area (Å²) in [6, 6.07) is 0. The van der Waals surface area contributed by atoms with Gasteiger partial charge in [0.2, 0.25) is 0 Å². The molecule has 0 bridgehead atoms. The molecule has 2 rings (SSSR count). The number of fused-ring (bicyclic) bond motifs is 1. The highest BCUT2D eigenvalue weighted by Crippen LogP contribution is 2.41. The highest BCUT2D eigenvalue weighted by molar-refractivity contribution is 6.74. The van der Waals surface area contributed by atoms with Gasteiger partial charge in [-0.15, -0.1) is 6.42 Å². The zero-order chi connectivity index (χ0) is 13.6. The van der Waals surface area contributed by atoms with Crippen molar-refractivity contribution >= 4 is 8.32 Å². The van der Waals surface area contributed by atoms with Crippen LogP contribution in [0.3, 0.4) is 0 Å². The van der Waals surface area contributed by atoms with Crippen molar-refractivity contribution in [1.82, 2.24) is 0 Å². The first kappa shape index (κ1) is 14.1. The van der Waals surface area contributed by atoms with Crippen LogP contribution in [-0.2, 0) is 13.9 Å². The lowest BCUT2D eigenvalue weighted by Crippen LogP contribution is -2.49. The van der Waals surface area contributed by atoms with Crippen molar-refractivity contribution in [3.8, 4) is 12.3 Å². The molecule has 2 heterocycles. The van der Waals surface area contributed by atoms with Gasteiger partial charge >= 0.3 is 0 Å². The first-order chi connectivity index (χ1) is 8.26. The third-order valence-electron chi connectivity index (χ3n) is 4.42. The molecule has 0 spiro atoms. The van der Waals surface area contributed by atoms with E-state index >= 15 is 0 Å². The van der Waals surface area contributed by atoms with Gasteiger partial charge in [-0.05, 0) is 24.6 Å². The van der Waals surface area contributed by atoms with Gasteiger partial charge in [0.05, 0.1) is 6.10 Å². The summed E-state index contributed by atoms with van der Waals surface area (Å²) in [6.07, 6.45) is 6.30. The van der Waals surface area contributed by atoms with Crippen LogP contribution in [0, 0.1) is 12.3 Å². The molecular weight excluding hydrogens is 244 g/mol. The van der Waals surface area contributed by atoms with Gasteiger partial charge in [0, 0.05) is 6.61 Å². The third-order valence-corrected chi connectivity index (χ3v) is 8.90. The molecule has 2 fully saturated rings. The van der Waals surface area contributed by atoms with Gasteiger partial charge in [-0.1, -0.05) is 26.7 Å². The van der Waals surface area contributed by atoms with Crippen molar-refractivity contribution < 1.29 is 13.9 Å². The molecule has 1 unspecified atom stereocenters. The zero-order valence-electron chi connectivity index (χ0n) is 12.0. The number of hydrogen-bond donors (Lipinski definition) is 0. The number of rotatable bonds is 2. The lowest BCUT2D eigenvalue weighted by atomic mass is 10.1. The Morgan fingerprint density at radius 1 is 1.33 bits per heavy atom. The topological polar surface area (TPSA) is 27.7 Å². The van der Waals surface area contributed by atoms with Crippen LogP contribution in [-0.4, -0.2) is 39.3 Å². The van der Waals surface area contributed by atoms with E-state index in [1.54, 1.807) is 0 Å². The lowest BCUT2D eigenvalue weighted by molar-refractivity contribution is 0.0157. The van der Waals surface area contributed by atoms with Gasteiger partial charge in [-0.25, -0.2) is 0 Å². The van der Waals surface area contributed by atoms with E-state index in [2.05, 4.69) is 39.8 Å². The van der Waals surface area contributed by atoms with Crippen LogP contribution in [0.5, 0.6) is 0 Å². The Labute approximate surface area is 111 Å². The maximum absolute atomic E-state index is 6.43. The van der Waals surface area contributed by atoms with Crippen molar-refractivity contribution in [2.24, 2.45) is 0 Å². The summed E-state index contributed by atoms with van der Waals surface area (Å²) in [6.45, 7) is 11.9. The summed E-state index contributed by atoms with van der Waals surface area (Å²) in [5.74, 6) is 2.71. The second kappa shape index (κ2) is 4.64. The Morgan fingerprint density at radius 2 is 2.00 bits per heavy atom. The molecule has 2 aliphatic rings. The quantitative estimate of drug-likeness (QED) is 0.569. The Hall–Kier alpha value is -0.343. The van der Waals surface area contributed by atoms with Crippen molar-refractivity contribution in [3.63, 3.8) is 0 Å². The molecule has 4 atom stereocenters. The molecule has 0 radical (unpaired) electrons. The van der Waals surface area contributed by atoms with Crippen molar-refractivity contribution in [1.29, 1.82) is 0 Å². The average molecular weight is 268 g/mol. The van der Waals surface area contributed by atoms with E-state index in [1.807, 2.05) is 0 Å². The standard InChI is InChI=1S/C14H24O3Si/c1-7-10-13(12-11(16-10)8-9-15-12)17-18(5,6)14(2,3)4/h1,10-13H,8-9H2,2-6H3/t10?,11-,12+,13-/m1/s1. The fourth-order valence-corrected chi connectivity index (χ4v) is 3.55. The SMILES string of the molecule is C#CC1O[C@@H]2CCO[C@@H]2[C@@H]1O[Si](C)(C)C(C)(C)C. The first-order valence-electron chi connectivity index (χ1n) is 6.67. The molecule has 3 nitrogen and oxygen atoms in total. The van der Waals surface area contributed by atoms with E-state index in [0.29, 0.717) is 0 Å². The Morgan fingerprint density at radius 3 is 2.56 bits per heavy atom. The molecule has 4 heteroatoms. The summed E-state index contributed by atoms with van der Waals surface area (Å²) < 4.78 is 18.0. The largest absolute Gasteiger partial charge is 0.407 e. The molecule has 18 heavy (non-hydrogen) atoms. The maximum Gasteiger partial charge on any atom is 0.192 e. The number of ether oxygens (including phenoxy) is 2. The van der Waals surface area contributed by atoms with Gasteiger partial charge in [-0.3, -0.25) is 0 Å². The molecule has 0 amide bonds. The second-order valence-corrected chi connectivity index (χ2v) is 11.5. The molecule has 2 aliphatic heterocycles. The fourth-order valence-electron chi connectivity index (χ4n) is 2.26. The van der Waals surface area contributed by atoms with Gasteiger partial charge in [0.1, 0.15) is 18.3 Å². The Bertz CT molecular complexity index is 353. The van der Waals surface area contributed by atoms with Crippen LogP contribution >= 0.6 is 0 Å². The molecule has 102 valence electrons. The molecule has 0 aromatic heterocycles. The fraction of sp³-hybridized carbons (Fsp3) is 0.857.